The lowest BCUT2D eigenvalue weighted by Crippen LogP contribution is -2.41. The van der Waals surface area contributed by atoms with Gasteiger partial charge in [-0.15, -0.1) is 0 Å². The highest BCUT2D eigenvalue weighted by atomic mass is 35.5. The van der Waals surface area contributed by atoms with Crippen molar-refractivity contribution in [1.82, 2.24) is 4.72 Å². The average molecular weight is 339 g/mol. The van der Waals surface area contributed by atoms with Crippen LogP contribution in [0, 0.1) is 5.41 Å². The zero-order chi connectivity index (χ0) is 15.7. The fraction of sp³-hybridized carbons (Fsp3) is 0.538. The highest BCUT2D eigenvalue weighted by Gasteiger charge is 2.27. The van der Waals surface area contributed by atoms with Crippen molar-refractivity contribution < 1.29 is 8.42 Å². The van der Waals surface area contributed by atoms with Crippen molar-refractivity contribution in [3.8, 4) is 0 Å². The quantitative estimate of drug-likeness (QED) is 0.885. The smallest absolute Gasteiger partial charge is 0.242 e. The Balaban J connectivity index is 3.23. The van der Waals surface area contributed by atoms with Gasteiger partial charge in [-0.05, 0) is 30.0 Å². The third-order valence-electron chi connectivity index (χ3n) is 3.24. The van der Waals surface area contributed by atoms with Crippen LogP contribution in [0.5, 0.6) is 0 Å². The Labute approximate surface area is 130 Å². The maximum absolute atomic E-state index is 12.4. The van der Waals surface area contributed by atoms with Crippen LogP contribution >= 0.6 is 23.2 Å². The number of hydrogen-bond donors (Lipinski definition) is 2. The number of hydrogen-bond acceptors (Lipinski definition) is 3. The van der Waals surface area contributed by atoms with Crippen LogP contribution in [-0.2, 0) is 16.6 Å². The Morgan fingerprint density at radius 1 is 1.25 bits per heavy atom. The predicted octanol–water partition coefficient (Wildman–Crippen LogP) is 3.17. The summed E-state index contributed by atoms with van der Waals surface area (Å²) in [6.07, 6.45) is 0. The third-order valence-corrected chi connectivity index (χ3v) is 5.60. The van der Waals surface area contributed by atoms with Crippen molar-refractivity contribution in [3.05, 3.63) is 27.7 Å². The first-order chi connectivity index (χ1) is 8.99. The highest BCUT2D eigenvalue weighted by Crippen LogP contribution is 2.29. The minimum absolute atomic E-state index is 0.000108. The zero-order valence-electron chi connectivity index (χ0n) is 12.0. The number of sulfonamides is 1. The van der Waals surface area contributed by atoms with Crippen molar-refractivity contribution in [2.24, 2.45) is 11.1 Å². The second kappa shape index (κ2) is 6.20. The van der Waals surface area contributed by atoms with Crippen molar-refractivity contribution in [2.75, 3.05) is 0 Å². The molecular formula is C13H20Cl2N2O2S. The Kier molecular flexibility index (Phi) is 5.49. The lowest BCUT2D eigenvalue weighted by atomic mass is 9.89. The molecule has 1 atom stereocenters. The maximum atomic E-state index is 12.4. The van der Waals surface area contributed by atoms with Gasteiger partial charge in [-0.2, -0.15) is 0 Å². The van der Waals surface area contributed by atoms with E-state index in [0.29, 0.717) is 10.6 Å². The maximum Gasteiger partial charge on any atom is 0.242 e. The van der Waals surface area contributed by atoms with E-state index in [1.54, 1.807) is 0 Å². The molecule has 4 nitrogen and oxygen atoms in total. The summed E-state index contributed by atoms with van der Waals surface area (Å²) in [4.78, 5) is 0.000108. The van der Waals surface area contributed by atoms with Gasteiger partial charge in [0, 0.05) is 17.6 Å². The molecule has 20 heavy (non-hydrogen) atoms. The topological polar surface area (TPSA) is 72.2 Å². The molecule has 3 N–H and O–H groups in total. The van der Waals surface area contributed by atoms with Gasteiger partial charge in [-0.25, -0.2) is 13.1 Å². The second-order valence-corrected chi connectivity index (χ2v) is 8.28. The number of benzene rings is 1. The van der Waals surface area contributed by atoms with Crippen molar-refractivity contribution in [3.63, 3.8) is 0 Å². The summed E-state index contributed by atoms with van der Waals surface area (Å²) in [6, 6.07) is 2.57. The summed E-state index contributed by atoms with van der Waals surface area (Å²) >= 11 is 11.9. The van der Waals surface area contributed by atoms with Gasteiger partial charge in [0.05, 0.1) is 5.02 Å². The molecule has 1 rings (SSSR count). The summed E-state index contributed by atoms with van der Waals surface area (Å²) in [5, 5.41) is 0.445. The predicted molar refractivity (Wildman–Crippen MR) is 83.6 cm³/mol. The van der Waals surface area contributed by atoms with Crippen LogP contribution in [0.2, 0.25) is 10.0 Å². The summed E-state index contributed by atoms with van der Waals surface area (Å²) in [6.45, 7) is 7.82. The second-order valence-electron chi connectivity index (χ2n) is 5.79. The Morgan fingerprint density at radius 2 is 1.80 bits per heavy atom. The van der Waals surface area contributed by atoms with Gasteiger partial charge >= 0.3 is 0 Å². The molecule has 0 heterocycles. The SMILES string of the molecule is CC(NS(=O)(=O)c1cc(CN)c(Cl)cc1Cl)C(C)(C)C. The molecule has 0 radical (unpaired) electrons. The van der Waals surface area contributed by atoms with Crippen molar-refractivity contribution in [2.45, 2.75) is 45.2 Å². The summed E-state index contributed by atoms with van der Waals surface area (Å²) in [7, 11) is -3.72. The number of nitrogens with one attached hydrogen (secondary N) is 1. The van der Waals surface area contributed by atoms with Crippen LogP contribution in [0.15, 0.2) is 17.0 Å². The van der Waals surface area contributed by atoms with E-state index >= 15 is 0 Å². The van der Waals surface area contributed by atoms with Crippen molar-refractivity contribution >= 4 is 33.2 Å². The van der Waals surface area contributed by atoms with Gasteiger partial charge in [-0.1, -0.05) is 44.0 Å². The molecule has 7 heteroatoms. The Bertz CT molecular complexity index is 595. The van der Waals surface area contributed by atoms with Gasteiger partial charge in [0.1, 0.15) is 4.90 Å². The largest absolute Gasteiger partial charge is 0.326 e. The molecular weight excluding hydrogens is 319 g/mol. The third kappa shape index (κ3) is 4.09. The molecule has 0 amide bonds. The van der Waals surface area contributed by atoms with Gasteiger partial charge in [0.2, 0.25) is 10.0 Å². The van der Waals surface area contributed by atoms with E-state index < -0.39 is 10.0 Å². The van der Waals surface area contributed by atoms with E-state index in [0.717, 1.165) is 0 Å². The lowest BCUT2D eigenvalue weighted by Gasteiger charge is -2.28. The molecule has 1 aromatic carbocycles. The molecule has 114 valence electrons. The molecule has 0 aromatic heterocycles. The lowest BCUT2D eigenvalue weighted by molar-refractivity contribution is 0.317. The first kappa shape index (κ1) is 17.7. The van der Waals surface area contributed by atoms with E-state index in [9.17, 15) is 8.42 Å². The molecule has 0 saturated heterocycles. The molecule has 0 aliphatic carbocycles. The van der Waals surface area contributed by atoms with Crippen LogP contribution in [0.3, 0.4) is 0 Å². The highest BCUT2D eigenvalue weighted by molar-refractivity contribution is 7.89. The van der Waals surface area contributed by atoms with E-state index in [-0.39, 0.29) is 27.9 Å². The van der Waals surface area contributed by atoms with Gasteiger partial charge in [-0.3, -0.25) is 0 Å². The standard InChI is InChI=1S/C13H20Cl2N2O2S/c1-8(13(2,3)4)17-20(18,19)12-5-9(7-16)10(14)6-11(12)15/h5-6,8,17H,7,16H2,1-4H3. The van der Waals surface area contributed by atoms with E-state index in [1.165, 1.54) is 12.1 Å². The van der Waals surface area contributed by atoms with Gasteiger partial charge in [0.15, 0.2) is 0 Å². The zero-order valence-corrected chi connectivity index (χ0v) is 14.3. The fourth-order valence-electron chi connectivity index (χ4n) is 1.41. The van der Waals surface area contributed by atoms with Crippen LogP contribution in [0.1, 0.15) is 33.3 Å². The number of rotatable bonds is 4. The molecule has 0 saturated carbocycles. The van der Waals surface area contributed by atoms with E-state index in [4.69, 9.17) is 28.9 Å². The van der Waals surface area contributed by atoms with Crippen LogP contribution in [0.4, 0.5) is 0 Å². The molecule has 1 aromatic rings. The van der Waals surface area contributed by atoms with Gasteiger partial charge in [0.25, 0.3) is 0 Å². The van der Waals surface area contributed by atoms with E-state index in [2.05, 4.69) is 4.72 Å². The Morgan fingerprint density at radius 3 is 2.25 bits per heavy atom. The first-order valence-electron chi connectivity index (χ1n) is 6.19. The first-order valence-corrected chi connectivity index (χ1v) is 8.43. The number of halogens is 2. The van der Waals surface area contributed by atoms with Crippen LogP contribution in [-0.4, -0.2) is 14.5 Å². The van der Waals surface area contributed by atoms with Crippen LogP contribution in [0.25, 0.3) is 0 Å². The molecule has 0 fully saturated rings. The number of nitrogens with two attached hydrogens (primary N) is 1. The monoisotopic (exact) mass is 338 g/mol. The van der Waals surface area contributed by atoms with Crippen molar-refractivity contribution in [1.29, 1.82) is 0 Å². The molecule has 0 aliphatic heterocycles. The van der Waals surface area contributed by atoms with Crippen LogP contribution < -0.4 is 10.5 Å². The Hall–Kier alpha value is -0.330. The molecule has 0 spiro atoms. The fourth-order valence-corrected chi connectivity index (χ4v) is 3.73. The molecule has 0 bridgehead atoms. The van der Waals surface area contributed by atoms with E-state index in [1.807, 2.05) is 27.7 Å². The molecule has 0 aliphatic rings. The summed E-state index contributed by atoms with van der Waals surface area (Å²) < 4.78 is 27.4. The van der Waals surface area contributed by atoms with Gasteiger partial charge < -0.3 is 5.73 Å². The average Bonchev–Trinajstić information content (AvgIpc) is 2.26. The molecule has 1 unspecified atom stereocenters. The minimum atomic E-state index is -3.72. The minimum Gasteiger partial charge on any atom is -0.326 e. The normalized spacial score (nSPS) is 14.3. The summed E-state index contributed by atoms with van der Waals surface area (Å²) in [5.74, 6) is 0. The summed E-state index contributed by atoms with van der Waals surface area (Å²) in [5.41, 5.74) is 5.88.